The fourth-order valence-corrected chi connectivity index (χ4v) is 2.09. The van der Waals surface area contributed by atoms with Crippen molar-refractivity contribution in [3.8, 4) is 0 Å². The average Bonchev–Trinajstić information content (AvgIpc) is 2.36. The molecule has 0 aliphatic carbocycles. The van der Waals surface area contributed by atoms with Crippen LogP contribution >= 0.6 is 0 Å². The molecule has 0 bridgehead atoms. The van der Waals surface area contributed by atoms with Crippen LogP contribution in [0.3, 0.4) is 0 Å². The fourth-order valence-electron chi connectivity index (χ4n) is 2.09. The van der Waals surface area contributed by atoms with E-state index in [0.29, 0.717) is 11.6 Å². The highest BCUT2D eigenvalue weighted by Gasteiger charge is 2.15. The summed E-state index contributed by atoms with van der Waals surface area (Å²) in [6.45, 7) is 3.57. The standard InChI is InChI=1S/C12H18N4O2/c1-9-14-10(7-11(17)15-9)13-8-12(18)16-5-3-2-4-6-16/h7H,2-6,8H2,1H3,(H2,13,14,15,17). The van der Waals surface area contributed by atoms with Crippen molar-refractivity contribution in [1.29, 1.82) is 0 Å². The number of nitrogens with zero attached hydrogens (tertiary/aromatic N) is 2. The SMILES string of the molecule is Cc1nc(NCC(=O)N2CCCCC2)cc(=O)[nH]1. The molecule has 18 heavy (non-hydrogen) atoms. The van der Waals surface area contributed by atoms with Crippen molar-refractivity contribution in [3.05, 3.63) is 22.2 Å². The first kappa shape index (κ1) is 12.6. The summed E-state index contributed by atoms with van der Waals surface area (Å²) in [4.78, 5) is 31.6. The lowest BCUT2D eigenvalue weighted by Crippen LogP contribution is -2.39. The van der Waals surface area contributed by atoms with Gasteiger partial charge in [-0.3, -0.25) is 9.59 Å². The number of hydrogen-bond acceptors (Lipinski definition) is 4. The molecule has 1 aromatic rings. The fraction of sp³-hybridized carbons (Fsp3) is 0.583. The molecule has 0 radical (unpaired) electrons. The van der Waals surface area contributed by atoms with E-state index in [4.69, 9.17) is 0 Å². The van der Waals surface area contributed by atoms with Gasteiger partial charge >= 0.3 is 0 Å². The van der Waals surface area contributed by atoms with E-state index in [1.807, 2.05) is 4.90 Å². The van der Waals surface area contributed by atoms with Gasteiger partial charge in [-0.25, -0.2) is 4.98 Å². The number of H-pyrrole nitrogens is 1. The smallest absolute Gasteiger partial charge is 0.252 e. The summed E-state index contributed by atoms with van der Waals surface area (Å²) in [6, 6.07) is 1.36. The molecule has 1 amide bonds. The molecule has 2 N–H and O–H groups in total. The molecule has 1 fully saturated rings. The number of aryl methyl sites for hydroxylation is 1. The zero-order valence-corrected chi connectivity index (χ0v) is 10.5. The summed E-state index contributed by atoms with van der Waals surface area (Å²) in [7, 11) is 0. The Morgan fingerprint density at radius 3 is 2.83 bits per heavy atom. The van der Waals surface area contributed by atoms with E-state index in [1.54, 1.807) is 6.92 Å². The topological polar surface area (TPSA) is 78.1 Å². The largest absolute Gasteiger partial charge is 0.361 e. The van der Waals surface area contributed by atoms with Gasteiger partial charge in [0, 0.05) is 19.2 Å². The molecule has 0 unspecified atom stereocenters. The minimum absolute atomic E-state index is 0.0643. The van der Waals surface area contributed by atoms with Gasteiger partial charge < -0.3 is 15.2 Å². The molecule has 1 aliphatic rings. The molecule has 2 rings (SSSR count). The maximum atomic E-state index is 11.9. The molecule has 6 heteroatoms. The predicted molar refractivity (Wildman–Crippen MR) is 68.5 cm³/mol. The van der Waals surface area contributed by atoms with Gasteiger partial charge in [0.05, 0.1) is 6.54 Å². The Morgan fingerprint density at radius 1 is 1.44 bits per heavy atom. The summed E-state index contributed by atoms with van der Waals surface area (Å²) in [5.74, 6) is 1.05. The van der Waals surface area contributed by atoms with Crippen LogP contribution in [-0.4, -0.2) is 40.4 Å². The summed E-state index contributed by atoms with van der Waals surface area (Å²) < 4.78 is 0. The van der Waals surface area contributed by atoms with Crippen LogP contribution in [0.25, 0.3) is 0 Å². The number of amides is 1. The van der Waals surface area contributed by atoms with E-state index >= 15 is 0 Å². The van der Waals surface area contributed by atoms with Crippen molar-refractivity contribution in [1.82, 2.24) is 14.9 Å². The van der Waals surface area contributed by atoms with E-state index in [1.165, 1.54) is 12.5 Å². The third-order valence-electron chi connectivity index (χ3n) is 2.99. The molecule has 98 valence electrons. The number of carbonyl (C=O) groups excluding carboxylic acids is 1. The van der Waals surface area contributed by atoms with Crippen molar-refractivity contribution in [2.24, 2.45) is 0 Å². The first-order chi connectivity index (χ1) is 8.65. The summed E-state index contributed by atoms with van der Waals surface area (Å²) in [6.07, 6.45) is 3.36. The number of aromatic nitrogens is 2. The van der Waals surface area contributed by atoms with Crippen molar-refractivity contribution >= 4 is 11.7 Å². The van der Waals surface area contributed by atoms with Crippen LogP contribution in [0.1, 0.15) is 25.1 Å². The molecule has 1 aromatic heterocycles. The number of nitrogens with one attached hydrogen (secondary N) is 2. The van der Waals surface area contributed by atoms with Crippen LogP contribution in [0.15, 0.2) is 10.9 Å². The Kier molecular flexibility index (Phi) is 3.96. The highest BCUT2D eigenvalue weighted by Crippen LogP contribution is 2.08. The minimum Gasteiger partial charge on any atom is -0.361 e. The minimum atomic E-state index is -0.213. The zero-order valence-electron chi connectivity index (χ0n) is 10.5. The summed E-state index contributed by atoms with van der Waals surface area (Å²) in [5, 5.41) is 2.90. The monoisotopic (exact) mass is 250 g/mol. The Morgan fingerprint density at radius 2 is 2.17 bits per heavy atom. The number of carbonyl (C=O) groups is 1. The molecule has 2 heterocycles. The van der Waals surface area contributed by atoms with Crippen LogP contribution in [-0.2, 0) is 4.79 Å². The predicted octanol–water partition coefficient (Wildman–Crippen LogP) is 0.503. The second kappa shape index (κ2) is 5.66. The van der Waals surface area contributed by atoms with Gasteiger partial charge in [-0.1, -0.05) is 0 Å². The van der Waals surface area contributed by atoms with Gasteiger partial charge in [-0.05, 0) is 26.2 Å². The van der Waals surface area contributed by atoms with Crippen molar-refractivity contribution in [3.63, 3.8) is 0 Å². The second-order valence-corrected chi connectivity index (χ2v) is 4.51. The molecule has 1 aliphatic heterocycles. The Labute approximate surface area is 105 Å². The van der Waals surface area contributed by atoms with E-state index < -0.39 is 0 Å². The van der Waals surface area contributed by atoms with E-state index in [9.17, 15) is 9.59 Å². The number of piperidine rings is 1. The van der Waals surface area contributed by atoms with Gasteiger partial charge in [0.15, 0.2) is 0 Å². The Bertz CT molecular complexity index is 477. The maximum absolute atomic E-state index is 11.9. The second-order valence-electron chi connectivity index (χ2n) is 4.51. The van der Waals surface area contributed by atoms with Gasteiger partial charge in [-0.2, -0.15) is 0 Å². The average molecular weight is 250 g/mol. The van der Waals surface area contributed by atoms with E-state index in [-0.39, 0.29) is 18.0 Å². The molecule has 0 spiro atoms. The van der Waals surface area contributed by atoms with Gasteiger partial charge in [0.25, 0.3) is 5.56 Å². The molecular weight excluding hydrogens is 232 g/mol. The third-order valence-corrected chi connectivity index (χ3v) is 2.99. The number of rotatable bonds is 3. The van der Waals surface area contributed by atoms with E-state index in [0.717, 1.165) is 25.9 Å². The van der Waals surface area contributed by atoms with Gasteiger partial charge in [-0.15, -0.1) is 0 Å². The molecule has 0 saturated carbocycles. The van der Waals surface area contributed by atoms with Crippen molar-refractivity contribution in [2.45, 2.75) is 26.2 Å². The molecule has 6 nitrogen and oxygen atoms in total. The quantitative estimate of drug-likeness (QED) is 0.819. The van der Waals surface area contributed by atoms with E-state index in [2.05, 4.69) is 15.3 Å². The van der Waals surface area contributed by atoms with Crippen LogP contribution < -0.4 is 10.9 Å². The highest BCUT2D eigenvalue weighted by atomic mass is 16.2. The summed E-state index contributed by atoms with van der Waals surface area (Å²) in [5.41, 5.74) is -0.213. The summed E-state index contributed by atoms with van der Waals surface area (Å²) >= 11 is 0. The third kappa shape index (κ3) is 3.32. The first-order valence-corrected chi connectivity index (χ1v) is 6.25. The molecule has 0 aromatic carbocycles. The Hall–Kier alpha value is -1.85. The van der Waals surface area contributed by atoms with Gasteiger partial charge in [0.2, 0.25) is 5.91 Å². The Balaban J connectivity index is 1.90. The van der Waals surface area contributed by atoms with Crippen LogP contribution in [0.2, 0.25) is 0 Å². The molecule has 1 saturated heterocycles. The lowest BCUT2D eigenvalue weighted by Gasteiger charge is -2.26. The maximum Gasteiger partial charge on any atom is 0.252 e. The van der Waals surface area contributed by atoms with Crippen molar-refractivity contribution in [2.75, 3.05) is 25.0 Å². The highest BCUT2D eigenvalue weighted by molar-refractivity contribution is 5.80. The lowest BCUT2D eigenvalue weighted by molar-refractivity contribution is -0.130. The van der Waals surface area contributed by atoms with Crippen LogP contribution in [0.5, 0.6) is 0 Å². The molecular formula is C12H18N4O2. The van der Waals surface area contributed by atoms with Crippen LogP contribution in [0.4, 0.5) is 5.82 Å². The normalized spacial score (nSPS) is 15.5. The van der Waals surface area contributed by atoms with Gasteiger partial charge in [0.1, 0.15) is 11.6 Å². The number of anilines is 1. The van der Waals surface area contributed by atoms with Crippen LogP contribution in [0, 0.1) is 6.92 Å². The number of hydrogen-bond donors (Lipinski definition) is 2. The zero-order chi connectivity index (χ0) is 13.0. The first-order valence-electron chi connectivity index (χ1n) is 6.25. The van der Waals surface area contributed by atoms with Crippen molar-refractivity contribution < 1.29 is 4.79 Å². The number of likely N-dealkylation sites (tertiary alicyclic amines) is 1. The lowest BCUT2D eigenvalue weighted by atomic mass is 10.1. The number of aromatic amines is 1. The molecule has 0 atom stereocenters.